The highest BCUT2D eigenvalue weighted by Crippen LogP contribution is 2.17. The molecule has 0 aromatic rings. The molecule has 18 heavy (non-hydrogen) atoms. The quantitative estimate of drug-likeness (QED) is 0.594. The van der Waals surface area contributed by atoms with Crippen LogP contribution in [-0.4, -0.2) is 57.8 Å². The third-order valence-electron chi connectivity index (χ3n) is 3.39. The second-order valence-electron chi connectivity index (χ2n) is 4.89. The van der Waals surface area contributed by atoms with E-state index in [4.69, 9.17) is 14.2 Å². The van der Waals surface area contributed by atoms with Gasteiger partial charge in [-0.1, -0.05) is 0 Å². The van der Waals surface area contributed by atoms with Crippen molar-refractivity contribution in [1.82, 2.24) is 4.90 Å². The molecule has 0 N–H and O–H groups in total. The van der Waals surface area contributed by atoms with E-state index in [9.17, 15) is 0 Å². The number of ether oxygens (including phenoxy) is 3. The van der Waals surface area contributed by atoms with Gasteiger partial charge in [-0.25, -0.2) is 0 Å². The molecule has 1 aliphatic rings. The average molecular weight is 259 g/mol. The number of rotatable bonds is 9. The van der Waals surface area contributed by atoms with Gasteiger partial charge in [0.1, 0.15) is 0 Å². The summed E-state index contributed by atoms with van der Waals surface area (Å²) in [6.07, 6.45) is 3.50. The van der Waals surface area contributed by atoms with Crippen LogP contribution < -0.4 is 0 Å². The van der Waals surface area contributed by atoms with E-state index in [0.29, 0.717) is 5.92 Å². The predicted molar refractivity (Wildman–Crippen MR) is 72.7 cm³/mol. The van der Waals surface area contributed by atoms with E-state index in [2.05, 4.69) is 4.90 Å². The summed E-state index contributed by atoms with van der Waals surface area (Å²) in [4.78, 5) is 2.51. The molecule has 1 saturated heterocycles. The zero-order chi connectivity index (χ0) is 13.2. The van der Waals surface area contributed by atoms with E-state index in [1.54, 1.807) is 7.11 Å². The number of nitrogens with zero attached hydrogens (tertiary/aromatic N) is 1. The number of piperidine rings is 1. The minimum absolute atomic E-state index is 0.0391. The number of likely N-dealkylation sites (tertiary alicyclic amines) is 1. The second kappa shape index (κ2) is 9.73. The van der Waals surface area contributed by atoms with Crippen molar-refractivity contribution in [1.29, 1.82) is 0 Å². The largest absolute Gasteiger partial charge is 0.384 e. The highest BCUT2D eigenvalue weighted by Gasteiger charge is 2.20. The van der Waals surface area contributed by atoms with E-state index in [0.717, 1.165) is 39.3 Å². The van der Waals surface area contributed by atoms with E-state index in [1.165, 1.54) is 19.4 Å². The van der Waals surface area contributed by atoms with Crippen LogP contribution >= 0.6 is 0 Å². The summed E-state index contributed by atoms with van der Waals surface area (Å²) >= 11 is 0. The van der Waals surface area contributed by atoms with Gasteiger partial charge in [-0.15, -0.1) is 0 Å². The lowest BCUT2D eigenvalue weighted by Crippen LogP contribution is -2.39. The van der Waals surface area contributed by atoms with Crippen LogP contribution in [0.5, 0.6) is 0 Å². The Labute approximate surface area is 112 Å². The van der Waals surface area contributed by atoms with Crippen LogP contribution in [0.25, 0.3) is 0 Å². The van der Waals surface area contributed by atoms with Crippen molar-refractivity contribution < 1.29 is 14.2 Å². The minimum Gasteiger partial charge on any atom is -0.384 e. The third-order valence-corrected chi connectivity index (χ3v) is 3.39. The fourth-order valence-corrected chi connectivity index (χ4v) is 2.60. The van der Waals surface area contributed by atoms with Crippen LogP contribution in [0.3, 0.4) is 0 Å². The molecule has 0 bridgehead atoms. The van der Waals surface area contributed by atoms with Crippen molar-refractivity contribution in [3.63, 3.8) is 0 Å². The molecule has 0 saturated carbocycles. The smallest absolute Gasteiger partial charge is 0.158 e. The van der Waals surface area contributed by atoms with Gasteiger partial charge >= 0.3 is 0 Å². The maximum Gasteiger partial charge on any atom is 0.158 e. The molecule has 0 aliphatic carbocycles. The van der Waals surface area contributed by atoms with Crippen molar-refractivity contribution in [2.75, 3.05) is 46.6 Å². The molecule has 4 nitrogen and oxygen atoms in total. The van der Waals surface area contributed by atoms with Gasteiger partial charge in [0.05, 0.1) is 6.61 Å². The summed E-state index contributed by atoms with van der Waals surface area (Å²) in [5.74, 6) is 0.696. The molecule has 0 aromatic carbocycles. The fourth-order valence-electron chi connectivity index (χ4n) is 2.60. The lowest BCUT2D eigenvalue weighted by molar-refractivity contribution is -0.142. The molecule has 4 heteroatoms. The Morgan fingerprint density at radius 1 is 1.22 bits per heavy atom. The minimum atomic E-state index is -0.0391. The number of hydrogen-bond donors (Lipinski definition) is 0. The molecule has 0 spiro atoms. The van der Waals surface area contributed by atoms with Crippen molar-refractivity contribution >= 4 is 0 Å². The maximum atomic E-state index is 5.57. The van der Waals surface area contributed by atoms with Crippen LogP contribution in [0.1, 0.15) is 33.1 Å². The first kappa shape index (κ1) is 15.9. The lowest BCUT2D eigenvalue weighted by atomic mass is 9.99. The topological polar surface area (TPSA) is 30.9 Å². The Balaban J connectivity index is 2.23. The van der Waals surface area contributed by atoms with E-state index in [1.807, 2.05) is 13.8 Å². The normalized spacial score (nSPS) is 21.7. The SMILES string of the molecule is CCOC(CCN1CCCC(COC)C1)OCC. The first-order chi connectivity index (χ1) is 8.80. The molecular weight excluding hydrogens is 230 g/mol. The van der Waals surface area contributed by atoms with E-state index < -0.39 is 0 Å². The average Bonchev–Trinajstić information content (AvgIpc) is 2.37. The monoisotopic (exact) mass is 259 g/mol. The molecule has 1 heterocycles. The molecule has 0 amide bonds. The first-order valence-electron chi connectivity index (χ1n) is 7.24. The molecule has 0 radical (unpaired) electrons. The molecular formula is C14H29NO3. The summed E-state index contributed by atoms with van der Waals surface area (Å²) < 4.78 is 16.4. The molecule has 108 valence electrons. The van der Waals surface area contributed by atoms with Gasteiger partial charge in [-0.3, -0.25) is 0 Å². The van der Waals surface area contributed by atoms with Crippen molar-refractivity contribution in [2.24, 2.45) is 5.92 Å². The number of hydrogen-bond acceptors (Lipinski definition) is 4. The fraction of sp³-hybridized carbons (Fsp3) is 1.00. The highest BCUT2D eigenvalue weighted by atomic mass is 16.7. The molecule has 1 atom stereocenters. The molecule has 0 aromatic heterocycles. The van der Waals surface area contributed by atoms with Crippen molar-refractivity contribution in [3.05, 3.63) is 0 Å². The Morgan fingerprint density at radius 2 is 1.94 bits per heavy atom. The Bertz CT molecular complexity index is 193. The summed E-state index contributed by atoms with van der Waals surface area (Å²) in [6.45, 7) is 9.77. The van der Waals surface area contributed by atoms with E-state index >= 15 is 0 Å². The summed E-state index contributed by atoms with van der Waals surface area (Å²) in [5, 5.41) is 0. The second-order valence-corrected chi connectivity index (χ2v) is 4.89. The van der Waals surface area contributed by atoms with Crippen molar-refractivity contribution in [3.8, 4) is 0 Å². The van der Waals surface area contributed by atoms with Crippen LogP contribution in [-0.2, 0) is 14.2 Å². The van der Waals surface area contributed by atoms with E-state index in [-0.39, 0.29) is 6.29 Å². The van der Waals surface area contributed by atoms with Crippen LogP contribution in [0.4, 0.5) is 0 Å². The van der Waals surface area contributed by atoms with Crippen LogP contribution in [0.15, 0.2) is 0 Å². The van der Waals surface area contributed by atoms with Crippen LogP contribution in [0.2, 0.25) is 0 Å². The molecule has 1 unspecified atom stereocenters. The molecule has 1 rings (SSSR count). The standard InChI is InChI=1S/C14H29NO3/c1-4-17-14(18-5-2)8-10-15-9-6-7-13(11-15)12-16-3/h13-14H,4-12H2,1-3H3. The molecule has 1 aliphatic heterocycles. The van der Waals surface area contributed by atoms with Gasteiger partial charge in [-0.2, -0.15) is 0 Å². The van der Waals surface area contributed by atoms with Gasteiger partial charge in [0, 0.05) is 39.8 Å². The Kier molecular flexibility index (Phi) is 8.59. The summed E-state index contributed by atoms with van der Waals surface area (Å²) in [7, 11) is 1.79. The number of methoxy groups -OCH3 is 1. The summed E-state index contributed by atoms with van der Waals surface area (Å²) in [6, 6.07) is 0. The summed E-state index contributed by atoms with van der Waals surface area (Å²) in [5.41, 5.74) is 0. The first-order valence-corrected chi connectivity index (χ1v) is 7.24. The van der Waals surface area contributed by atoms with Gasteiger partial charge in [0.25, 0.3) is 0 Å². The van der Waals surface area contributed by atoms with Gasteiger partial charge in [0.2, 0.25) is 0 Å². The van der Waals surface area contributed by atoms with Crippen LogP contribution in [0, 0.1) is 5.92 Å². The van der Waals surface area contributed by atoms with Crippen molar-refractivity contribution in [2.45, 2.75) is 39.4 Å². The maximum absolute atomic E-state index is 5.57. The highest BCUT2D eigenvalue weighted by molar-refractivity contribution is 4.73. The zero-order valence-corrected chi connectivity index (χ0v) is 12.2. The zero-order valence-electron chi connectivity index (χ0n) is 12.2. The predicted octanol–water partition coefficient (Wildman–Crippen LogP) is 2.13. The Hall–Kier alpha value is -0.160. The Morgan fingerprint density at radius 3 is 2.56 bits per heavy atom. The van der Waals surface area contributed by atoms with Gasteiger partial charge in [-0.05, 0) is 39.2 Å². The van der Waals surface area contributed by atoms with Gasteiger partial charge in [0.15, 0.2) is 6.29 Å². The third kappa shape index (κ3) is 6.14. The van der Waals surface area contributed by atoms with Gasteiger partial charge < -0.3 is 19.1 Å². The molecule has 1 fully saturated rings. The lowest BCUT2D eigenvalue weighted by Gasteiger charge is -2.33.